The molecule has 17 heavy (non-hydrogen) atoms. The largest absolute Gasteiger partial charge is 0.504 e. The molecule has 5 heteroatoms. The van der Waals surface area contributed by atoms with Crippen molar-refractivity contribution in [2.45, 2.75) is 19.9 Å². The van der Waals surface area contributed by atoms with Crippen LogP contribution in [-0.2, 0) is 0 Å². The van der Waals surface area contributed by atoms with Crippen molar-refractivity contribution in [3.8, 4) is 11.5 Å². The molecule has 0 heterocycles. The summed E-state index contributed by atoms with van der Waals surface area (Å²) in [6.45, 7) is 5.15. The Morgan fingerprint density at radius 3 is 2.65 bits per heavy atom. The highest BCUT2D eigenvalue weighted by molar-refractivity contribution is 5.97. The van der Waals surface area contributed by atoms with Gasteiger partial charge in [0.1, 0.15) is 0 Å². The molecule has 5 nitrogen and oxygen atoms in total. The zero-order valence-corrected chi connectivity index (χ0v) is 10.0. The van der Waals surface area contributed by atoms with Gasteiger partial charge in [0.15, 0.2) is 11.5 Å². The molecule has 0 fully saturated rings. The predicted molar refractivity (Wildman–Crippen MR) is 65.2 cm³/mol. The van der Waals surface area contributed by atoms with Crippen molar-refractivity contribution in [2.75, 3.05) is 13.1 Å². The average molecular weight is 238 g/mol. The Kier molecular flexibility index (Phi) is 4.78. The number of phenols is 2. The van der Waals surface area contributed by atoms with Gasteiger partial charge in [-0.05, 0) is 12.1 Å². The Morgan fingerprint density at radius 1 is 1.29 bits per heavy atom. The minimum atomic E-state index is -0.399. The van der Waals surface area contributed by atoms with Gasteiger partial charge in [0, 0.05) is 19.1 Å². The third-order valence-electron chi connectivity index (χ3n) is 2.22. The zero-order chi connectivity index (χ0) is 12.8. The molecule has 1 amide bonds. The maximum Gasteiger partial charge on any atom is 0.255 e. The van der Waals surface area contributed by atoms with Crippen LogP contribution in [0.1, 0.15) is 24.2 Å². The van der Waals surface area contributed by atoms with Crippen LogP contribution in [0.4, 0.5) is 0 Å². The van der Waals surface area contributed by atoms with E-state index in [0.29, 0.717) is 19.1 Å². The van der Waals surface area contributed by atoms with E-state index in [1.165, 1.54) is 18.2 Å². The zero-order valence-electron chi connectivity index (χ0n) is 10.0. The van der Waals surface area contributed by atoms with Crippen LogP contribution in [0, 0.1) is 0 Å². The number of phenolic OH excluding ortho intramolecular Hbond substituents is 2. The molecule has 0 bridgehead atoms. The molecule has 0 saturated carbocycles. The molecule has 1 aromatic rings. The molecule has 0 aromatic heterocycles. The molecule has 1 aromatic carbocycles. The van der Waals surface area contributed by atoms with E-state index >= 15 is 0 Å². The maximum atomic E-state index is 11.7. The van der Waals surface area contributed by atoms with E-state index in [4.69, 9.17) is 0 Å². The first-order valence-electron chi connectivity index (χ1n) is 5.55. The van der Waals surface area contributed by atoms with Crippen LogP contribution < -0.4 is 10.6 Å². The van der Waals surface area contributed by atoms with Crippen LogP contribution >= 0.6 is 0 Å². The topological polar surface area (TPSA) is 81.6 Å². The fourth-order valence-corrected chi connectivity index (χ4v) is 1.35. The van der Waals surface area contributed by atoms with Crippen LogP contribution in [0.3, 0.4) is 0 Å². The number of rotatable bonds is 5. The number of carbonyl (C=O) groups excluding carboxylic acids is 1. The fourth-order valence-electron chi connectivity index (χ4n) is 1.35. The Bertz CT molecular complexity index is 391. The summed E-state index contributed by atoms with van der Waals surface area (Å²) in [6, 6.07) is 4.66. The van der Waals surface area contributed by atoms with E-state index in [9.17, 15) is 15.0 Å². The molecular formula is C12H18N2O3. The molecule has 0 unspecified atom stereocenters. The van der Waals surface area contributed by atoms with Crippen molar-refractivity contribution < 1.29 is 15.0 Å². The Balaban J connectivity index is 2.50. The summed E-state index contributed by atoms with van der Waals surface area (Å²) >= 11 is 0. The highest BCUT2D eigenvalue weighted by Crippen LogP contribution is 2.27. The Hall–Kier alpha value is -1.75. The average Bonchev–Trinajstić information content (AvgIpc) is 2.27. The lowest BCUT2D eigenvalue weighted by Gasteiger charge is -2.10. The Morgan fingerprint density at radius 2 is 2.00 bits per heavy atom. The normalized spacial score (nSPS) is 10.5. The minimum Gasteiger partial charge on any atom is -0.504 e. The van der Waals surface area contributed by atoms with Crippen molar-refractivity contribution >= 4 is 5.91 Å². The number of nitrogens with one attached hydrogen (secondary N) is 2. The van der Waals surface area contributed by atoms with Gasteiger partial charge in [0.2, 0.25) is 0 Å². The summed E-state index contributed by atoms with van der Waals surface area (Å²) in [7, 11) is 0. The van der Waals surface area contributed by atoms with Crippen molar-refractivity contribution in [2.24, 2.45) is 0 Å². The highest BCUT2D eigenvalue weighted by Gasteiger charge is 2.12. The Labute approximate surface area is 100 Å². The fraction of sp³-hybridized carbons (Fsp3) is 0.417. The van der Waals surface area contributed by atoms with Gasteiger partial charge in [0.25, 0.3) is 5.91 Å². The lowest BCUT2D eigenvalue weighted by atomic mass is 10.1. The molecule has 0 radical (unpaired) electrons. The van der Waals surface area contributed by atoms with Crippen molar-refractivity contribution in [1.29, 1.82) is 0 Å². The number of hydrogen-bond acceptors (Lipinski definition) is 4. The highest BCUT2D eigenvalue weighted by atomic mass is 16.3. The van der Waals surface area contributed by atoms with Gasteiger partial charge >= 0.3 is 0 Å². The smallest absolute Gasteiger partial charge is 0.255 e. The van der Waals surface area contributed by atoms with Gasteiger partial charge in [-0.1, -0.05) is 19.9 Å². The molecular weight excluding hydrogens is 220 g/mol. The second-order valence-corrected chi connectivity index (χ2v) is 4.04. The van der Waals surface area contributed by atoms with E-state index in [1.54, 1.807) is 0 Å². The van der Waals surface area contributed by atoms with Crippen LogP contribution in [-0.4, -0.2) is 35.3 Å². The number of amides is 1. The summed E-state index contributed by atoms with van der Waals surface area (Å²) in [6.07, 6.45) is 0. The number of carbonyl (C=O) groups is 1. The molecule has 4 N–H and O–H groups in total. The van der Waals surface area contributed by atoms with Crippen LogP contribution in [0.5, 0.6) is 11.5 Å². The first kappa shape index (κ1) is 13.3. The SMILES string of the molecule is CC(C)NCCNC(=O)c1cccc(O)c1O. The van der Waals surface area contributed by atoms with Crippen molar-refractivity contribution in [3.63, 3.8) is 0 Å². The minimum absolute atomic E-state index is 0.0783. The molecule has 1 rings (SSSR count). The molecule has 0 spiro atoms. The number of aromatic hydroxyl groups is 2. The second-order valence-electron chi connectivity index (χ2n) is 4.04. The number of benzene rings is 1. The number of para-hydroxylation sites is 1. The van der Waals surface area contributed by atoms with Gasteiger partial charge in [-0.3, -0.25) is 4.79 Å². The van der Waals surface area contributed by atoms with Gasteiger partial charge in [-0.2, -0.15) is 0 Å². The molecule has 94 valence electrons. The predicted octanol–water partition coefficient (Wildman–Crippen LogP) is 0.826. The molecule has 0 aliphatic heterocycles. The summed E-state index contributed by atoms with van der Waals surface area (Å²) in [5, 5.41) is 24.5. The molecule has 0 aliphatic carbocycles. The summed E-state index contributed by atoms with van der Waals surface area (Å²) in [5.41, 5.74) is 0.0783. The van der Waals surface area contributed by atoms with E-state index in [-0.39, 0.29) is 17.1 Å². The van der Waals surface area contributed by atoms with Crippen molar-refractivity contribution in [3.05, 3.63) is 23.8 Å². The van der Waals surface area contributed by atoms with Crippen molar-refractivity contribution in [1.82, 2.24) is 10.6 Å². The lowest BCUT2D eigenvalue weighted by Crippen LogP contribution is -2.34. The van der Waals surface area contributed by atoms with E-state index in [0.717, 1.165) is 0 Å². The van der Waals surface area contributed by atoms with Gasteiger partial charge in [-0.15, -0.1) is 0 Å². The molecule has 0 aliphatic rings. The molecule has 0 saturated heterocycles. The third-order valence-corrected chi connectivity index (χ3v) is 2.22. The van der Waals surface area contributed by atoms with E-state index in [2.05, 4.69) is 10.6 Å². The number of hydrogen-bond donors (Lipinski definition) is 4. The van der Waals surface area contributed by atoms with E-state index in [1.807, 2.05) is 13.8 Å². The van der Waals surface area contributed by atoms with Gasteiger partial charge in [0.05, 0.1) is 5.56 Å². The van der Waals surface area contributed by atoms with Gasteiger partial charge in [-0.25, -0.2) is 0 Å². The quantitative estimate of drug-likeness (QED) is 0.452. The van der Waals surface area contributed by atoms with E-state index < -0.39 is 5.91 Å². The monoisotopic (exact) mass is 238 g/mol. The van der Waals surface area contributed by atoms with Crippen LogP contribution in [0.25, 0.3) is 0 Å². The summed E-state index contributed by atoms with van der Waals surface area (Å²) in [5.74, 6) is -1.08. The van der Waals surface area contributed by atoms with Gasteiger partial charge < -0.3 is 20.8 Å². The third kappa shape index (κ3) is 3.96. The summed E-state index contributed by atoms with van der Waals surface area (Å²) < 4.78 is 0. The molecule has 0 atom stereocenters. The lowest BCUT2D eigenvalue weighted by molar-refractivity contribution is 0.0950. The standard InChI is InChI=1S/C12H18N2O3/c1-8(2)13-6-7-14-12(17)9-4-3-5-10(15)11(9)16/h3-5,8,13,15-16H,6-7H2,1-2H3,(H,14,17). The second kappa shape index (κ2) is 6.10. The van der Waals surface area contributed by atoms with Crippen LogP contribution in [0.2, 0.25) is 0 Å². The maximum absolute atomic E-state index is 11.7. The first-order chi connectivity index (χ1) is 8.02. The summed E-state index contributed by atoms with van der Waals surface area (Å²) in [4.78, 5) is 11.7. The van der Waals surface area contributed by atoms with Crippen LogP contribution in [0.15, 0.2) is 18.2 Å². The first-order valence-corrected chi connectivity index (χ1v) is 5.55.